The third-order valence-corrected chi connectivity index (χ3v) is 1.74. The van der Waals surface area contributed by atoms with Crippen LogP contribution in [-0.4, -0.2) is 12.1 Å². The highest BCUT2D eigenvalue weighted by atomic mass is 35.5. The molecule has 14 heavy (non-hydrogen) atoms. The highest BCUT2D eigenvalue weighted by Crippen LogP contribution is 2.09. The fraction of sp³-hybridized carbons (Fsp3) is 0.100. The van der Waals surface area contributed by atoms with E-state index >= 15 is 0 Å². The minimum Gasteiger partial charge on any atom is -0.267 e. The number of nitrogens with zero attached hydrogens (tertiary/aromatic N) is 1. The van der Waals surface area contributed by atoms with Crippen molar-refractivity contribution in [3.63, 3.8) is 0 Å². The monoisotopic (exact) mass is 209 g/mol. The fourth-order valence-electron chi connectivity index (χ4n) is 0.835. The van der Waals surface area contributed by atoms with E-state index in [9.17, 15) is 4.79 Å². The average Bonchev–Trinajstić information content (AvgIpc) is 2.19. The molecule has 0 saturated carbocycles. The molecule has 0 heterocycles. The van der Waals surface area contributed by atoms with Crippen molar-refractivity contribution in [2.75, 3.05) is 0 Å². The van der Waals surface area contributed by atoms with Crippen molar-refractivity contribution in [1.82, 2.24) is 5.43 Å². The van der Waals surface area contributed by atoms with Gasteiger partial charge in [0.25, 0.3) is 5.91 Å². The largest absolute Gasteiger partial charge is 0.271 e. The standard InChI is InChI=1S/C10H10ClN2O/c1-2-7-12-13-10(14)8-3-5-9(11)6-4-8/h3-7H,1-2H2,(H,13,14). The number of rotatable bonds is 3. The summed E-state index contributed by atoms with van der Waals surface area (Å²) < 4.78 is 0. The Morgan fingerprint density at radius 2 is 2.14 bits per heavy atom. The van der Waals surface area contributed by atoms with Gasteiger partial charge < -0.3 is 0 Å². The molecule has 0 bridgehead atoms. The van der Waals surface area contributed by atoms with Gasteiger partial charge in [0.2, 0.25) is 0 Å². The van der Waals surface area contributed by atoms with Crippen molar-refractivity contribution in [1.29, 1.82) is 0 Å². The third-order valence-electron chi connectivity index (χ3n) is 1.49. The van der Waals surface area contributed by atoms with Crippen LogP contribution in [-0.2, 0) is 0 Å². The van der Waals surface area contributed by atoms with Crippen LogP contribution in [0.4, 0.5) is 0 Å². The van der Waals surface area contributed by atoms with E-state index < -0.39 is 0 Å². The number of carbonyl (C=O) groups is 1. The number of benzene rings is 1. The lowest BCUT2D eigenvalue weighted by Crippen LogP contribution is -2.17. The van der Waals surface area contributed by atoms with E-state index in [1.165, 1.54) is 6.21 Å². The maximum absolute atomic E-state index is 11.3. The first kappa shape index (κ1) is 10.7. The molecule has 0 atom stereocenters. The van der Waals surface area contributed by atoms with Crippen molar-refractivity contribution >= 4 is 23.7 Å². The van der Waals surface area contributed by atoms with Crippen molar-refractivity contribution in [3.05, 3.63) is 41.8 Å². The highest BCUT2D eigenvalue weighted by Gasteiger charge is 2.02. The van der Waals surface area contributed by atoms with Gasteiger partial charge in [-0.3, -0.25) is 4.79 Å². The molecule has 0 aromatic heterocycles. The van der Waals surface area contributed by atoms with Gasteiger partial charge in [0.15, 0.2) is 0 Å². The van der Waals surface area contributed by atoms with Crippen LogP contribution in [0, 0.1) is 6.92 Å². The lowest BCUT2D eigenvalue weighted by Gasteiger charge is -1.98. The van der Waals surface area contributed by atoms with Crippen LogP contribution in [0.1, 0.15) is 16.8 Å². The second-order valence-corrected chi connectivity index (χ2v) is 2.98. The van der Waals surface area contributed by atoms with E-state index in [-0.39, 0.29) is 5.91 Å². The molecule has 0 saturated heterocycles. The first-order valence-electron chi connectivity index (χ1n) is 4.10. The van der Waals surface area contributed by atoms with Crippen molar-refractivity contribution in [2.45, 2.75) is 6.42 Å². The Morgan fingerprint density at radius 3 is 2.71 bits per heavy atom. The molecule has 0 unspecified atom stereocenters. The van der Waals surface area contributed by atoms with E-state index in [4.69, 9.17) is 11.6 Å². The fourth-order valence-corrected chi connectivity index (χ4v) is 0.961. The number of hydrogen-bond acceptors (Lipinski definition) is 2. The molecule has 1 radical (unpaired) electrons. The Kier molecular flexibility index (Phi) is 4.13. The molecule has 3 nitrogen and oxygen atoms in total. The van der Waals surface area contributed by atoms with Crippen LogP contribution in [0.25, 0.3) is 0 Å². The molecular weight excluding hydrogens is 200 g/mol. The second-order valence-electron chi connectivity index (χ2n) is 2.55. The summed E-state index contributed by atoms with van der Waals surface area (Å²) in [6, 6.07) is 6.58. The predicted molar refractivity (Wildman–Crippen MR) is 57.4 cm³/mol. The summed E-state index contributed by atoms with van der Waals surface area (Å²) in [7, 11) is 0. The van der Waals surface area contributed by atoms with Gasteiger partial charge in [0.1, 0.15) is 0 Å². The van der Waals surface area contributed by atoms with Gasteiger partial charge in [0.05, 0.1) is 0 Å². The molecule has 1 aromatic carbocycles. The topological polar surface area (TPSA) is 41.5 Å². The molecule has 73 valence electrons. The maximum Gasteiger partial charge on any atom is 0.271 e. The Labute approximate surface area is 87.8 Å². The number of amides is 1. The highest BCUT2D eigenvalue weighted by molar-refractivity contribution is 6.30. The number of hydrogen-bond donors (Lipinski definition) is 1. The summed E-state index contributed by atoms with van der Waals surface area (Å²) in [6.07, 6.45) is 2.06. The zero-order chi connectivity index (χ0) is 10.4. The zero-order valence-electron chi connectivity index (χ0n) is 7.53. The Balaban J connectivity index is 2.61. The Bertz CT molecular complexity index is 332. The SMILES string of the molecule is [CH2]CC=NNC(=O)c1ccc(Cl)cc1. The third kappa shape index (κ3) is 3.18. The Morgan fingerprint density at radius 1 is 1.50 bits per heavy atom. The predicted octanol–water partition coefficient (Wildman–Crippen LogP) is 2.28. The van der Waals surface area contributed by atoms with Crippen LogP contribution < -0.4 is 5.43 Å². The van der Waals surface area contributed by atoms with E-state index in [2.05, 4.69) is 17.5 Å². The lowest BCUT2D eigenvalue weighted by molar-refractivity contribution is 0.0955. The van der Waals surface area contributed by atoms with Gasteiger partial charge in [-0.2, -0.15) is 5.10 Å². The van der Waals surface area contributed by atoms with Crippen LogP contribution >= 0.6 is 11.6 Å². The average molecular weight is 210 g/mol. The van der Waals surface area contributed by atoms with Gasteiger partial charge in [-0.25, -0.2) is 5.43 Å². The molecule has 4 heteroatoms. The van der Waals surface area contributed by atoms with Crippen LogP contribution in [0.3, 0.4) is 0 Å². The quantitative estimate of drug-likeness (QED) is 0.602. The second kappa shape index (κ2) is 5.40. The summed E-state index contributed by atoms with van der Waals surface area (Å²) in [5.41, 5.74) is 2.89. The van der Waals surface area contributed by atoms with Crippen LogP contribution in [0.5, 0.6) is 0 Å². The molecule has 0 aliphatic rings. The molecule has 1 amide bonds. The molecule has 1 aromatic rings. The Hall–Kier alpha value is -1.35. The number of nitrogens with one attached hydrogen (secondary N) is 1. The summed E-state index contributed by atoms with van der Waals surface area (Å²) in [5, 5.41) is 4.27. The smallest absolute Gasteiger partial charge is 0.267 e. The maximum atomic E-state index is 11.3. The van der Waals surface area contributed by atoms with E-state index in [1.807, 2.05) is 0 Å². The summed E-state index contributed by atoms with van der Waals surface area (Å²) in [4.78, 5) is 11.3. The van der Waals surface area contributed by atoms with E-state index in [0.717, 1.165) is 0 Å². The van der Waals surface area contributed by atoms with Gasteiger partial charge in [-0.1, -0.05) is 11.6 Å². The molecular formula is C10H10ClN2O. The first-order valence-corrected chi connectivity index (χ1v) is 4.48. The van der Waals surface area contributed by atoms with Crippen LogP contribution in [0.2, 0.25) is 5.02 Å². The summed E-state index contributed by atoms with van der Waals surface area (Å²) in [6.45, 7) is 3.55. The van der Waals surface area contributed by atoms with E-state index in [1.54, 1.807) is 24.3 Å². The lowest BCUT2D eigenvalue weighted by atomic mass is 10.2. The summed E-state index contributed by atoms with van der Waals surface area (Å²) in [5.74, 6) is -0.258. The number of carbonyl (C=O) groups excluding carboxylic acids is 1. The summed E-state index contributed by atoms with van der Waals surface area (Å²) >= 11 is 5.67. The molecule has 1 rings (SSSR count). The number of hydrazone groups is 1. The van der Waals surface area contributed by atoms with E-state index in [0.29, 0.717) is 17.0 Å². The first-order chi connectivity index (χ1) is 6.74. The zero-order valence-corrected chi connectivity index (χ0v) is 8.29. The van der Waals surface area contributed by atoms with Gasteiger partial charge in [-0.15, -0.1) is 0 Å². The molecule has 0 aliphatic heterocycles. The molecule has 0 aliphatic carbocycles. The van der Waals surface area contributed by atoms with Gasteiger partial charge >= 0.3 is 0 Å². The molecule has 0 spiro atoms. The number of halogens is 1. The van der Waals surface area contributed by atoms with Crippen molar-refractivity contribution in [2.24, 2.45) is 5.10 Å². The van der Waals surface area contributed by atoms with Gasteiger partial charge in [0, 0.05) is 16.8 Å². The molecule has 1 N–H and O–H groups in total. The minimum absolute atomic E-state index is 0.258. The van der Waals surface area contributed by atoms with Gasteiger partial charge in [-0.05, 0) is 37.6 Å². The van der Waals surface area contributed by atoms with Crippen LogP contribution in [0.15, 0.2) is 29.4 Å². The minimum atomic E-state index is -0.258. The molecule has 0 fully saturated rings. The van der Waals surface area contributed by atoms with Crippen molar-refractivity contribution < 1.29 is 4.79 Å². The normalized spacial score (nSPS) is 10.4. The van der Waals surface area contributed by atoms with Crippen molar-refractivity contribution in [3.8, 4) is 0 Å².